The van der Waals surface area contributed by atoms with E-state index >= 15 is 0 Å². The Bertz CT molecular complexity index is 432. The summed E-state index contributed by atoms with van der Waals surface area (Å²) in [6.07, 6.45) is 1.89. The van der Waals surface area contributed by atoms with E-state index in [4.69, 9.17) is 5.11 Å². The van der Waals surface area contributed by atoms with E-state index in [-0.39, 0.29) is 12.5 Å². The molecular formula is C14H18N2O3. The molecule has 1 rings (SSSR count). The highest BCUT2D eigenvalue weighted by Gasteiger charge is 2.14. The number of urea groups is 1. The topological polar surface area (TPSA) is 78.4 Å². The first-order valence-corrected chi connectivity index (χ1v) is 6.02. The lowest BCUT2D eigenvalue weighted by Crippen LogP contribution is -2.42. The van der Waals surface area contributed by atoms with Gasteiger partial charge in [0.1, 0.15) is 0 Å². The van der Waals surface area contributed by atoms with Crippen molar-refractivity contribution in [2.24, 2.45) is 0 Å². The monoisotopic (exact) mass is 262 g/mol. The van der Waals surface area contributed by atoms with Crippen LogP contribution in [-0.2, 0) is 11.3 Å². The number of carboxylic acids is 1. The van der Waals surface area contributed by atoms with Gasteiger partial charge in [0.05, 0.1) is 6.42 Å². The minimum Gasteiger partial charge on any atom is -0.481 e. The van der Waals surface area contributed by atoms with Crippen LogP contribution in [0.15, 0.2) is 43.0 Å². The fraction of sp³-hybridized carbons (Fsp3) is 0.286. The van der Waals surface area contributed by atoms with E-state index in [1.54, 1.807) is 6.08 Å². The maximum absolute atomic E-state index is 11.6. The van der Waals surface area contributed by atoms with Gasteiger partial charge in [-0.3, -0.25) is 4.79 Å². The molecule has 5 nitrogen and oxygen atoms in total. The van der Waals surface area contributed by atoms with Gasteiger partial charge < -0.3 is 15.7 Å². The fourth-order valence-electron chi connectivity index (χ4n) is 1.62. The molecule has 0 heterocycles. The number of amides is 2. The Hall–Kier alpha value is -2.30. The minimum atomic E-state index is -0.949. The maximum atomic E-state index is 11.6. The van der Waals surface area contributed by atoms with Crippen molar-refractivity contribution in [3.8, 4) is 0 Å². The molecule has 0 spiro atoms. The molecule has 0 aliphatic rings. The number of carbonyl (C=O) groups excluding carboxylic acids is 1. The molecule has 0 aromatic heterocycles. The van der Waals surface area contributed by atoms with Crippen LogP contribution in [0.1, 0.15) is 18.4 Å². The molecule has 0 bridgehead atoms. The average Bonchev–Trinajstić information content (AvgIpc) is 2.37. The van der Waals surface area contributed by atoms with Crippen LogP contribution in [0, 0.1) is 0 Å². The van der Waals surface area contributed by atoms with Gasteiger partial charge in [0.15, 0.2) is 0 Å². The normalized spacial score (nSPS) is 11.4. The molecule has 5 heteroatoms. The molecule has 0 fully saturated rings. The van der Waals surface area contributed by atoms with Gasteiger partial charge in [-0.25, -0.2) is 4.79 Å². The first kappa shape index (κ1) is 14.8. The Labute approximate surface area is 112 Å². The number of hydrogen-bond acceptors (Lipinski definition) is 2. The van der Waals surface area contributed by atoms with Crippen LogP contribution < -0.4 is 10.6 Å². The van der Waals surface area contributed by atoms with Crippen molar-refractivity contribution >= 4 is 12.0 Å². The van der Waals surface area contributed by atoms with Gasteiger partial charge in [0.25, 0.3) is 0 Å². The number of carbonyl (C=O) groups is 2. The summed E-state index contributed by atoms with van der Waals surface area (Å²) in [6, 6.07) is 8.66. The zero-order chi connectivity index (χ0) is 14.1. The van der Waals surface area contributed by atoms with Crippen molar-refractivity contribution < 1.29 is 14.7 Å². The van der Waals surface area contributed by atoms with Gasteiger partial charge in [-0.1, -0.05) is 36.4 Å². The lowest BCUT2D eigenvalue weighted by molar-refractivity contribution is -0.137. The average molecular weight is 262 g/mol. The molecule has 1 aromatic carbocycles. The van der Waals surface area contributed by atoms with E-state index in [0.29, 0.717) is 13.0 Å². The third-order valence-corrected chi connectivity index (χ3v) is 2.50. The van der Waals surface area contributed by atoms with E-state index in [1.165, 1.54) is 0 Å². The van der Waals surface area contributed by atoms with E-state index < -0.39 is 12.0 Å². The van der Waals surface area contributed by atoms with E-state index in [2.05, 4.69) is 17.2 Å². The van der Waals surface area contributed by atoms with Gasteiger partial charge in [0.2, 0.25) is 0 Å². The van der Waals surface area contributed by atoms with Crippen molar-refractivity contribution in [1.29, 1.82) is 0 Å². The zero-order valence-electron chi connectivity index (χ0n) is 10.6. The van der Waals surface area contributed by atoms with Crippen LogP contribution in [0.5, 0.6) is 0 Å². The predicted molar refractivity (Wildman–Crippen MR) is 72.7 cm³/mol. The quantitative estimate of drug-likeness (QED) is 0.657. The molecule has 0 radical (unpaired) electrons. The summed E-state index contributed by atoms with van der Waals surface area (Å²) in [5.74, 6) is -0.949. The Kier molecular flexibility index (Phi) is 6.15. The van der Waals surface area contributed by atoms with Crippen molar-refractivity contribution in [1.82, 2.24) is 10.6 Å². The van der Waals surface area contributed by atoms with E-state index in [9.17, 15) is 9.59 Å². The molecule has 3 N–H and O–H groups in total. The highest BCUT2D eigenvalue weighted by Crippen LogP contribution is 2.00. The van der Waals surface area contributed by atoms with Crippen molar-refractivity contribution in [2.45, 2.75) is 25.4 Å². The van der Waals surface area contributed by atoms with Crippen LogP contribution >= 0.6 is 0 Å². The summed E-state index contributed by atoms with van der Waals surface area (Å²) in [5, 5.41) is 14.0. The highest BCUT2D eigenvalue weighted by molar-refractivity contribution is 5.75. The molecule has 0 saturated heterocycles. The highest BCUT2D eigenvalue weighted by atomic mass is 16.4. The van der Waals surface area contributed by atoms with Gasteiger partial charge in [0, 0.05) is 12.6 Å². The smallest absolute Gasteiger partial charge is 0.315 e. The molecule has 0 saturated carbocycles. The molecular weight excluding hydrogens is 244 g/mol. The van der Waals surface area contributed by atoms with Crippen LogP contribution in [0.4, 0.5) is 4.79 Å². The largest absolute Gasteiger partial charge is 0.481 e. The summed E-state index contributed by atoms with van der Waals surface area (Å²) < 4.78 is 0. The van der Waals surface area contributed by atoms with Crippen LogP contribution in [0.2, 0.25) is 0 Å². The van der Waals surface area contributed by atoms with E-state index in [0.717, 1.165) is 5.56 Å². The standard InChI is InChI=1S/C14H18N2O3/c1-2-6-12(9-13(17)18)16-14(19)15-10-11-7-4-3-5-8-11/h2-5,7-8,12H,1,6,9-10H2,(H,17,18)(H2,15,16,19). The van der Waals surface area contributed by atoms with Gasteiger partial charge in [-0.2, -0.15) is 0 Å². The molecule has 1 atom stereocenters. The number of hydrogen-bond donors (Lipinski definition) is 3. The maximum Gasteiger partial charge on any atom is 0.315 e. The van der Waals surface area contributed by atoms with Crippen molar-refractivity contribution in [2.75, 3.05) is 0 Å². The molecule has 102 valence electrons. The number of aliphatic carboxylic acids is 1. The van der Waals surface area contributed by atoms with Gasteiger partial charge in [-0.15, -0.1) is 6.58 Å². The van der Waals surface area contributed by atoms with Gasteiger partial charge in [-0.05, 0) is 12.0 Å². The van der Waals surface area contributed by atoms with Crippen LogP contribution in [0.25, 0.3) is 0 Å². The first-order chi connectivity index (χ1) is 9.11. The fourth-order valence-corrected chi connectivity index (χ4v) is 1.62. The first-order valence-electron chi connectivity index (χ1n) is 6.02. The molecule has 2 amide bonds. The molecule has 19 heavy (non-hydrogen) atoms. The Balaban J connectivity index is 2.39. The molecule has 0 aliphatic heterocycles. The summed E-state index contributed by atoms with van der Waals surface area (Å²) in [4.78, 5) is 22.3. The second-order valence-corrected chi connectivity index (χ2v) is 4.13. The second kappa shape index (κ2) is 7.92. The third-order valence-electron chi connectivity index (χ3n) is 2.50. The zero-order valence-corrected chi connectivity index (χ0v) is 10.6. The van der Waals surface area contributed by atoms with Gasteiger partial charge >= 0.3 is 12.0 Å². The number of nitrogens with one attached hydrogen (secondary N) is 2. The molecule has 0 aliphatic carbocycles. The predicted octanol–water partition coefficient (Wildman–Crippen LogP) is 1.91. The van der Waals surface area contributed by atoms with Crippen LogP contribution in [0.3, 0.4) is 0 Å². The Morgan fingerprint density at radius 1 is 1.32 bits per heavy atom. The molecule has 1 aromatic rings. The summed E-state index contributed by atoms with van der Waals surface area (Å²) in [6.45, 7) is 3.95. The molecule has 1 unspecified atom stereocenters. The summed E-state index contributed by atoms with van der Waals surface area (Å²) in [5.41, 5.74) is 0.983. The van der Waals surface area contributed by atoms with Crippen LogP contribution in [-0.4, -0.2) is 23.1 Å². The Morgan fingerprint density at radius 3 is 2.58 bits per heavy atom. The number of rotatable bonds is 7. The SMILES string of the molecule is C=CCC(CC(=O)O)NC(=O)NCc1ccccc1. The Morgan fingerprint density at radius 2 is 2.00 bits per heavy atom. The minimum absolute atomic E-state index is 0.120. The van der Waals surface area contributed by atoms with E-state index in [1.807, 2.05) is 30.3 Å². The number of benzene rings is 1. The lowest BCUT2D eigenvalue weighted by atomic mass is 10.1. The third kappa shape index (κ3) is 6.26. The summed E-state index contributed by atoms with van der Waals surface area (Å²) >= 11 is 0. The number of carboxylic acid groups (broad SMARTS) is 1. The van der Waals surface area contributed by atoms with Crippen molar-refractivity contribution in [3.63, 3.8) is 0 Å². The van der Waals surface area contributed by atoms with Crippen molar-refractivity contribution in [3.05, 3.63) is 48.6 Å². The lowest BCUT2D eigenvalue weighted by Gasteiger charge is -2.15. The second-order valence-electron chi connectivity index (χ2n) is 4.13. The summed E-state index contributed by atoms with van der Waals surface area (Å²) in [7, 11) is 0.